The first-order valence-corrected chi connectivity index (χ1v) is 9.65. The maximum atomic E-state index is 12.7. The van der Waals surface area contributed by atoms with Crippen LogP contribution < -0.4 is 10.6 Å². The largest absolute Gasteiger partial charge is 0.480 e. The summed E-state index contributed by atoms with van der Waals surface area (Å²) >= 11 is 1.64. The summed E-state index contributed by atoms with van der Waals surface area (Å²) in [4.78, 5) is 34.8. The molecule has 2 aromatic rings. The van der Waals surface area contributed by atoms with Gasteiger partial charge in [0.2, 0.25) is 11.8 Å². The standard InChI is InChI=1S/C20H20N2O4S/c23-17(21-12-18(24)25)11-13-5-7-15(8-6-13)22-20(26)19-16-4-2-1-3-14(16)9-10-27-19/h1-8,19H,9-12H2,(H,21,23)(H,22,26)(H,24,25). The Morgan fingerprint density at radius 1 is 1.07 bits per heavy atom. The fourth-order valence-corrected chi connectivity index (χ4v) is 4.14. The van der Waals surface area contributed by atoms with Gasteiger partial charge in [0.25, 0.3) is 0 Å². The van der Waals surface area contributed by atoms with Crippen LogP contribution >= 0.6 is 11.8 Å². The number of aliphatic carboxylic acids is 1. The molecule has 27 heavy (non-hydrogen) atoms. The fourth-order valence-electron chi connectivity index (χ4n) is 2.95. The Bertz CT molecular complexity index is 851. The van der Waals surface area contributed by atoms with E-state index in [9.17, 15) is 14.4 Å². The lowest BCUT2D eigenvalue weighted by atomic mass is 10.0. The molecule has 2 aromatic carbocycles. The molecule has 1 aliphatic rings. The minimum absolute atomic E-state index is 0.0564. The molecule has 140 valence electrons. The highest BCUT2D eigenvalue weighted by Gasteiger charge is 2.26. The maximum absolute atomic E-state index is 12.7. The van der Waals surface area contributed by atoms with E-state index in [1.807, 2.05) is 18.2 Å². The zero-order valence-corrected chi connectivity index (χ0v) is 15.4. The summed E-state index contributed by atoms with van der Waals surface area (Å²) in [6.45, 7) is -0.395. The Hall–Kier alpha value is -2.80. The van der Waals surface area contributed by atoms with Gasteiger partial charge in [-0.25, -0.2) is 0 Å². The molecule has 0 aromatic heterocycles. The molecule has 1 unspecified atom stereocenters. The Labute approximate surface area is 161 Å². The number of carbonyl (C=O) groups excluding carboxylic acids is 2. The van der Waals surface area contributed by atoms with Gasteiger partial charge in [0.1, 0.15) is 11.8 Å². The number of benzene rings is 2. The Balaban J connectivity index is 1.59. The lowest BCUT2D eigenvalue weighted by Crippen LogP contribution is -2.30. The molecular formula is C20H20N2O4S. The molecule has 1 heterocycles. The number of anilines is 1. The Kier molecular flexibility index (Phi) is 6.13. The van der Waals surface area contributed by atoms with Gasteiger partial charge in [0, 0.05) is 5.69 Å². The van der Waals surface area contributed by atoms with Gasteiger partial charge < -0.3 is 15.7 Å². The number of aryl methyl sites for hydroxylation is 1. The third-order valence-corrected chi connectivity index (χ3v) is 5.50. The molecule has 0 saturated carbocycles. The van der Waals surface area contributed by atoms with E-state index in [0.717, 1.165) is 23.3 Å². The summed E-state index contributed by atoms with van der Waals surface area (Å²) in [5.41, 5.74) is 3.70. The summed E-state index contributed by atoms with van der Waals surface area (Å²) in [5, 5.41) is 13.6. The van der Waals surface area contributed by atoms with Crippen LogP contribution in [0.15, 0.2) is 48.5 Å². The van der Waals surface area contributed by atoms with Gasteiger partial charge in [-0.3, -0.25) is 14.4 Å². The monoisotopic (exact) mass is 384 g/mol. The zero-order chi connectivity index (χ0) is 19.2. The molecule has 3 N–H and O–H groups in total. The van der Waals surface area contributed by atoms with E-state index in [1.54, 1.807) is 36.0 Å². The molecule has 0 saturated heterocycles. The SMILES string of the molecule is O=C(O)CNC(=O)Cc1ccc(NC(=O)C2SCCc3ccccc32)cc1. The van der Waals surface area contributed by atoms with Crippen LogP contribution in [0.4, 0.5) is 5.69 Å². The third-order valence-electron chi connectivity index (χ3n) is 4.25. The summed E-state index contributed by atoms with van der Waals surface area (Å²) in [6.07, 6.45) is 1.07. The van der Waals surface area contributed by atoms with E-state index in [1.165, 1.54) is 5.56 Å². The van der Waals surface area contributed by atoms with Gasteiger partial charge in [-0.1, -0.05) is 36.4 Å². The fraction of sp³-hybridized carbons (Fsp3) is 0.250. The number of carboxylic acid groups (broad SMARTS) is 1. The molecule has 3 rings (SSSR count). The van der Waals surface area contributed by atoms with Crippen molar-refractivity contribution in [1.29, 1.82) is 0 Å². The number of hydrogen-bond donors (Lipinski definition) is 3. The van der Waals surface area contributed by atoms with Crippen molar-refractivity contribution >= 4 is 35.2 Å². The smallest absolute Gasteiger partial charge is 0.322 e. The van der Waals surface area contributed by atoms with Crippen LogP contribution in [-0.4, -0.2) is 35.2 Å². The van der Waals surface area contributed by atoms with Crippen molar-refractivity contribution in [2.24, 2.45) is 0 Å². The van der Waals surface area contributed by atoms with E-state index >= 15 is 0 Å². The number of carboxylic acids is 1. The quantitative estimate of drug-likeness (QED) is 0.711. The van der Waals surface area contributed by atoms with Crippen LogP contribution in [0.1, 0.15) is 21.9 Å². The minimum atomic E-state index is -1.08. The number of fused-ring (bicyclic) bond motifs is 1. The van der Waals surface area contributed by atoms with E-state index < -0.39 is 12.5 Å². The molecule has 1 aliphatic heterocycles. The second-order valence-electron chi connectivity index (χ2n) is 6.23. The predicted molar refractivity (Wildman–Crippen MR) is 105 cm³/mol. The highest BCUT2D eigenvalue weighted by molar-refractivity contribution is 8.00. The van der Waals surface area contributed by atoms with Crippen molar-refractivity contribution in [2.75, 3.05) is 17.6 Å². The number of hydrogen-bond acceptors (Lipinski definition) is 4. The number of rotatable bonds is 6. The van der Waals surface area contributed by atoms with Gasteiger partial charge >= 0.3 is 5.97 Å². The molecule has 0 aliphatic carbocycles. The van der Waals surface area contributed by atoms with Crippen molar-refractivity contribution in [3.05, 3.63) is 65.2 Å². The molecule has 2 amide bonds. The first-order chi connectivity index (χ1) is 13.0. The zero-order valence-electron chi connectivity index (χ0n) is 14.6. The molecule has 0 fully saturated rings. The van der Waals surface area contributed by atoms with Crippen LogP contribution in [0.5, 0.6) is 0 Å². The van der Waals surface area contributed by atoms with Crippen LogP contribution in [0, 0.1) is 0 Å². The molecule has 0 radical (unpaired) electrons. The Morgan fingerprint density at radius 3 is 2.56 bits per heavy atom. The lowest BCUT2D eigenvalue weighted by Gasteiger charge is -2.24. The van der Waals surface area contributed by atoms with Crippen molar-refractivity contribution in [1.82, 2.24) is 5.32 Å². The number of carbonyl (C=O) groups is 3. The van der Waals surface area contributed by atoms with Crippen molar-refractivity contribution < 1.29 is 19.5 Å². The average Bonchev–Trinajstić information content (AvgIpc) is 2.67. The molecule has 6 nitrogen and oxygen atoms in total. The minimum Gasteiger partial charge on any atom is -0.480 e. The highest BCUT2D eigenvalue weighted by Crippen LogP contribution is 2.37. The van der Waals surface area contributed by atoms with Crippen molar-refractivity contribution in [3.63, 3.8) is 0 Å². The molecular weight excluding hydrogens is 364 g/mol. The van der Waals surface area contributed by atoms with Crippen LogP contribution in [0.3, 0.4) is 0 Å². The van der Waals surface area contributed by atoms with Crippen molar-refractivity contribution in [3.8, 4) is 0 Å². The third kappa shape index (κ3) is 5.10. The van der Waals surface area contributed by atoms with Gasteiger partial charge in [0.15, 0.2) is 0 Å². The van der Waals surface area contributed by atoms with Gasteiger partial charge in [-0.05, 0) is 41.0 Å². The molecule has 0 bridgehead atoms. The van der Waals surface area contributed by atoms with Crippen LogP contribution in [0.25, 0.3) is 0 Å². The summed E-state index contributed by atoms with van der Waals surface area (Å²) in [5.74, 6) is -0.577. The second-order valence-corrected chi connectivity index (χ2v) is 7.45. The first kappa shape index (κ1) is 19.0. The average molecular weight is 384 g/mol. The van der Waals surface area contributed by atoms with Gasteiger partial charge in [0.05, 0.1) is 6.42 Å². The van der Waals surface area contributed by atoms with Crippen LogP contribution in [0.2, 0.25) is 0 Å². The predicted octanol–water partition coefficient (Wildman–Crippen LogP) is 2.40. The van der Waals surface area contributed by atoms with Gasteiger partial charge in [-0.15, -0.1) is 11.8 Å². The lowest BCUT2D eigenvalue weighted by molar-refractivity contribution is -0.137. The first-order valence-electron chi connectivity index (χ1n) is 8.60. The molecule has 1 atom stereocenters. The number of nitrogens with one attached hydrogen (secondary N) is 2. The van der Waals surface area contributed by atoms with E-state index in [-0.39, 0.29) is 23.5 Å². The normalized spacial score (nSPS) is 15.5. The van der Waals surface area contributed by atoms with Gasteiger partial charge in [-0.2, -0.15) is 0 Å². The van der Waals surface area contributed by atoms with E-state index in [0.29, 0.717) is 5.69 Å². The molecule has 7 heteroatoms. The molecule has 0 spiro atoms. The Morgan fingerprint density at radius 2 is 1.81 bits per heavy atom. The van der Waals surface area contributed by atoms with E-state index in [4.69, 9.17) is 5.11 Å². The van der Waals surface area contributed by atoms with Crippen LogP contribution in [-0.2, 0) is 27.2 Å². The summed E-state index contributed by atoms with van der Waals surface area (Å²) < 4.78 is 0. The highest BCUT2D eigenvalue weighted by atomic mass is 32.2. The number of thioether (sulfide) groups is 1. The van der Waals surface area contributed by atoms with E-state index in [2.05, 4.69) is 16.7 Å². The number of amides is 2. The van der Waals surface area contributed by atoms with Crippen molar-refractivity contribution in [2.45, 2.75) is 18.1 Å². The second kappa shape index (κ2) is 8.73. The summed E-state index contributed by atoms with van der Waals surface area (Å²) in [7, 11) is 0. The topological polar surface area (TPSA) is 95.5 Å². The summed E-state index contributed by atoms with van der Waals surface area (Å²) in [6, 6.07) is 15.0. The maximum Gasteiger partial charge on any atom is 0.322 e.